The molecule has 0 aliphatic carbocycles. The molecule has 72 valence electrons. The van der Waals surface area contributed by atoms with Crippen molar-refractivity contribution < 1.29 is 4.92 Å². The predicted octanol–water partition coefficient (Wildman–Crippen LogP) is 2.54. The molecule has 2 rings (SSSR count). The summed E-state index contributed by atoms with van der Waals surface area (Å²) in [6.07, 6.45) is 0. The second-order valence-corrected chi connectivity index (χ2v) is 3.75. The molecule has 1 heterocycles. The number of nitrogens with one attached hydrogen (secondary N) is 1. The lowest BCUT2D eigenvalue weighted by Crippen LogP contribution is -1.88. The van der Waals surface area contributed by atoms with Gasteiger partial charge in [-0.1, -0.05) is 0 Å². The topological polar surface area (TPSA) is 71.8 Å². The second kappa shape index (κ2) is 3.06. The molecule has 0 aliphatic rings. The second-order valence-electron chi connectivity index (χ2n) is 2.90. The molecule has 0 unspecified atom stereocenters. The summed E-state index contributed by atoms with van der Waals surface area (Å²) in [5.74, 6) is 0.743. The van der Waals surface area contributed by atoms with Gasteiger partial charge in [-0.25, -0.2) is 4.98 Å². The summed E-state index contributed by atoms with van der Waals surface area (Å²) in [5.41, 5.74) is 1.44. The minimum atomic E-state index is -0.431. The number of imidazole rings is 1. The molecule has 0 fully saturated rings. The van der Waals surface area contributed by atoms with Crippen molar-refractivity contribution in [3.8, 4) is 0 Å². The van der Waals surface area contributed by atoms with E-state index in [0.717, 1.165) is 11.3 Å². The third-order valence-electron chi connectivity index (χ3n) is 1.87. The van der Waals surface area contributed by atoms with Gasteiger partial charge in [-0.2, -0.15) is 0 Å². The molecule has 1 N–H and O–H groups in total. The van der Waals surface area contributed by atoms with Gasteiger partial charge in [0.25, 0.3) is 5.69 Å². The number of nitro benzene ring substituents is 1. The molecule has 0 saturated heterocycles. The number of halogens is 1. The third-order valence-corrected chi connectivity index (χ3v) is 2.50. The molecule has 14 heavy (non-hydrogen) atoms. The Hall–Kier alpha value is -1.43. The minimum absolute atomic E-state index is 0.0427. The molecular formula is C8H6BrN3O2. The lowest BCUT2D eigenvalue weighted by atomic mass is 10.3. The lowest BCUT2D eigenvalue weighted by molar-refractivity contribution is -0.385. The van der Waals surface area contributed by atoms with E-state index < -0.39 is 4.92 Å². The number of hydrogen-bond acceptors (Lipinski definition) is 3. The SMILES string of the molecule is Cc1nc2cc(Br)c([N+](=O)[O-])cc2[nH]1. The number of rotatable bonds is 1. The molecule has 0 bridgehead atoms. The highest BCUT2D eigenvalue weighted by Crippen LogP contribution is 2.28. The molecule has 1 aromatic heterocycles. The van der Waals surface area contributed by atoms with Crippen LogP contribution in [0.25, 0.3) is 11.0 Å². The van der Waals surface area contributed by atoms with Crippen LogP contribution in [0.5, 0.6) is 0 Å². The van der Waals surface area contributed by atoms with Crippen LogP contribution in [-0.2, 0) is 0 Å². The number of aromatic amines is 1. The van der Waals surface area contributed by atoms with Crippen LogP contribution in [0, 0.1) is 17.0 Å². The van der Waals surface area contributed by atoms with E-state index in [4.69, 9.17) is 0 Å². The summed E-state index contributed by atoms with van der Waals surface area (Å²) < 4.78 is 0.446. The molecule has 0 spiro atoms. The van der Waals surface area contributed by atoms with Crippen molar-refractivity contribution in [2.75, 3.05) is 0 Å². The first-order chi connectivity index (χ1) is 6.58. The maximum atomic E-state index is 10.6. The van der Waals surface area contributed by atoms with Gasteiger partial charge in [0.2, 0.25) is 0 Å². The van der Waals surface area contributed by atoms with E-state index in [0.29, 0.717) is 9.99 Å². The van der Waals surface area contributed by atoms with Crippen LogP contribution in [0.1, 0.15) is 5.82 Å². The van der Waals surface area contributed by atoms with E-state index in [1.54, 1.807) is 13.0 Å². The van der Waals surface area contributed by atoms with Gasteiger partial charge in [0.05, 0.1) is 20.4 Å². The van der Waals surface area contributed by atoms with Gasteiger partial charge in [0.1, 0.15) is 5.82 Å². The largest absolute Gasteiger partial charge is 0.342 e. The maximum Gasteiger partial charge on any atom is 0.285 e. The molecule has 6 heteroatoms. The summed E-state index contributed by atoms with van der Waals surface area (Å²) in [7, 11) is 0. The number of aryl methyl sites for hydroxylation is 1. The minimum Gasteiger partial charge on any atom is -0.342 e. The highest BCUT2D eigenvalue weighted by atomic mass is 79.9. The summed E-state index contributed by atoms with van der Waals surface area (Å²) >= 11 is 3.13. The Balaban J connectivity index is 2.76. The van der Waals surface area contributed by atoms with Gasteiger partial charge in [-0.15, -0.1) is 0 Å². The average Bonchev–Trinajstić information content (AvgIpc) is 2.42. The summed E-state index contributed by atoms with van der Waals surface area (Å²) in [6, 6.07) is 3.11. The van der Waals surface area contributed by atoms with E-state index in [1.807, 2.05) is 0 Å². The lowest BCUT2D eigenvalue weighted by Gasteiger charge is -1.94. The van der Waals surface area contributed by atoms with Crippen molar-refractivity contribution in [2.24, 2.45) is 0 Å². The number of hydrogen-bond donors (Lipinski definition) is 1. The van der Waals surface area contributed by atoms with Crippen molar-refractivity contribution in [3.05, 3.63) is 32.5 Å². The summed E-state index contributed by atoms with van der Waals surface area (Å²) in [6.45, 7) is 1.81. The first kappa shape index (κ1) is 9.14. The first-order valence-electron chi connectivity index (χ1n) is 3.88. The highest BCUT2D eigenvalue weighted by Gasteiger charge is 2.14. The monoisotopic (exact) mass is 255 g/mol. The van der Waals surface area contributed by atoms with E-state index >= 15 is 0 Å². The number of H-pyrrole nitrogens is 1. The molecule has 0 aliphatic heterocycles. The maximum absolute atomic E-state index is 10.6. The van der Waals surface area contributed by atoms with Crippen LogP contribution < -0.4 is 0 Å². The van der Waals surface area contributed by atoms with Crippen molar-refractivity contribution in [1.82, 2.24) is 9.97 Å². The average molecular weight is 256 g/mol. The molecule has 1 aromatic carbocycles. The zero-order chi connectivity index (χ0) is 10.3. The van der Waals surface area contributed by atoms with Crippen molar-refractivity contribution >= 4 is 32.7 Å². The summed E-state index contributed by atoms with van der Waals surface area (Å²) in [4.78, 5) is 17.3. The highest BCUT2D eigenvalue weighted by molar-refractivity contribution is 9.10. The number of aromatic nitrogens is 2. The zero-order valence-corrected chi connectivity index (χ0v) is 8.83. The summed E-state index contributed by atoms with van der Waals surface area (Å²) in [5, 5.41) is 10.6. The fourth-order valence-corrected chi connectivity index (χ4v) is 1.76. The van der Waals surface area contributed by atoms with Crippen molar-refractivity contribution in [1.29, 1.82) is 0 Å². The molecule has 5 nitrogen and oxygen atoms in total. The van der Waals surface area contributed by atoms with Crippen molar-refractivity contribution in [2.45, 2.75) is 6.92 Å². The van der Waals surface area contributed by atoms with E-state index in [-0.39, 0.29) is 5.69 Å². The van der Waals surface area contributed by atoms with Gasteiger partial charge >= 0.3 is 0 Å². The fourth-order valence-electron chi connectivity index (χ4n) is 1.29. The van der Waals surface area contributed by atoms with Crippen LogP contribution in [0.4, 0.5) is 5.69 Å². The molecule has 2 aromatic rings. The Labute approximate surface area is 87.4 Å². The first-order valence-corrected chi connectivity index (χ1v) is 4.67. The fraction of sp³-hybridized carbons (Fsp3) is 0.125. The van der Waals surface area contributed by atoms with Crippen LogP contribution in [0.2, 0.25) is 0 Å². The normalized spacial score (nSPS) is 10.7. The van der Waals surface area contributed by atoms with E-state index in [9.17, 15) is 10.1 Å². The number of nitro groups is 1. The van der Waals surface area contributed by atoms with E-state index in [2.05, 4.69) is 25.9 Å². The van der Waals surface area contributed by atoms with Crippen LogP contribution in [0.3, 0.4) is 0 Å². The quantitative estimate of drug-likeness (QED) is 0.629. The Kier molecular flexibility index (Phi) is 1.99. The Bertz CT molecular complexity index is 521. The Morgan fingerprint density at radius 2 is 2.29 bits per heavy atom. The Morgan fingerprint density at radius 1 is 1.57 bits per heavy atom. The number of fused-ring (bicyclic) bond motifs is 1. The molecule has 0 radical (unpaired) electrons. The van der Waals surface area contributed by atoms with Crippen molar-refractivity contribution in [3.63, 3.8) is 0 Å². The van der Waals surface area contributed by atoms with Crippen LogP contribution in [-0.4, -0.2) is 14.9 Å². The number of nitrogens with zero attached hydrogens (tertiary/aromatic N) is 2. The smallest absolute Gasteiger partial charge is 0.285 e. The van der Waals surface area contributed by atoms with Gasteiger partial charge in [0.15, 0.2) is 0 Å². The van der Waals surface area contributed by atoms with Gasteiger partial charge < -0.3 is 4.98 Å². The van der Waals surface area contributed by atoms with Crippen LogP contribution in [0.15, 0.2) is 16.6 Å². The third kappa shape index (κ3) is 1.37. The predicted molar refractivity (Wildman–Crippen MR) is 55.2 cm³/mol. The number of benzene rings is 1. The molecule has 0 atom stereocenters. The standard InChI is InChI=1S/C8H6BrN3O2/c1-4-10-6-2-5(9)8(12(13)14)3-7(6)11-4/h2-3H,1H3,(H,10,11). The van der Waals surface area contributed by atoms with E-state index in [1.165, 1.54) is 6.07 Å². The molecular weight excluding hydrogens is 250 g/mol. The van der Waals surface area contributed by atoms with Crippen LogP contribution >= 0.6 is 15.9 Å². The molecule has 0 amide bonds. The molecule has 0 saturated carbocycles. The Morgan fingerprint density at radius 3 is 2.93 bits per heavy atom. The zero-order valence-electron chi connectivity index (χ0n) is 7.24. The van der Waals surface area contributed by atoms with Gasteiger partial charge in [-0.05, 0) is 28.9 Å². The van der Waals surface area contributed by atoms with Gasteiger partial charge in [0, 0.05) is 6.07 Å². The van der Waals surface area contributed by atoms with Gasteiger partial charge in [-0.3, -0.25) is 10.1 Å².